The SMILES string of the molecule is CCCCC(OC)C(CCCC)OCCOC. The molecule has 0 bridgehead atoms. The first-order chi connectivity index (χ1) is 8.29. The molecular formula is C14H30O3. The van der Waals surface area contributed by atoms with Crippen LogP contribution in [-0.2, 0) is 14.2 Å². The van der Waals surface area contributed by atoms with Gasteiger partial charge in [0.25, 0.3) is 0 Å². The van der Waals surface area contributed by atoms with E-state index in [1.54, 1.807) is 14.2 Å². The zero-order valence-electron chi connectivity index (χ0n) is 12.0. The third-order valence-corrected chi connectivity index (χ3v) is 3.02. The van der Waals surface area contributed by atoms with Gasteiger partial charge in [0.1, 0.15) is 0 Å². The van der Waals surface area contributed by atoms with Crippen LogP contribution in [0.1, 0.15) is 52.4 Å². The highest BCUT2D eigenvalue weighted by Crippen LogP contribution is 2.17. The fourth-order valence-electron chi connectivity index (χ4n) is 1.93. The Balaban J connectivity index is 4.08. The second-order valence-electron chi connectivity index (χ2n) is 4.46. The largest absolute Gasteiger partial charge is 0.382 e. The van der Waals surface area contributed by atoms with E-state index in [4.69, 9.17) is 14.2 Å². The molecule has 3 nitrogen and oxygen atoms in total. The van der Waals surface area contributed by atoms with Crippen molar-refractivity contribution in [2.24, 2.45) is 0 Å². The summed E-state index contributed by atoms with van der Waals surface area (Å²) in [5.74, 6) is 0. The first-order valence-corrected chi connectivity index (χ1v) is 6.93. The van der Waals surface area contributed by atoms with Crippen molar-refractivity contribution in [3.05, 3.63) is 0 Å². The van der Waals surface area contributed by atoms with Crippen LogP contribution in [0.25, 0.3) is 0 Å². The van der Waals surface area contributed by atoms with Crippen LogP contribution in [-0.4, -0.2) is 39.6 Å². The maximum Gasteiger partial charge on any atom is 0.0837 e. The van der Waals surface area contributed by atoms with Gasteiger partial charge >= 0.3 is 0 Å². The standard InChI is InChI=1S/C14H30O3/c1-5-7-9-13(16-4)14(10-8-6-2)17-12-11-15-3/h13-14H,5-12H2,1-4H3. The summed E-state index contributed by atoms with van der Waals surface area (Å²) in [7, 11) is 3.49. The highest BCUT2D eigenvalue weighted by atomic mass is 16.5. The fourth-order valence-corrected chi connectivity index (χ4v) is 1.93. The van der Waals surface area contributed by atoms with Gasteiger partial charge in [-0.3, -0.25) is 0 Å². The minimum atomic E-state index is 0.224. The summed E-state index contributed by atoms with van der Waals surface area (Å²) in [4.78, 5) is 0. The Morgan fingerprint density at radius 3 is 1.88 bits per heavy atom. The number of rotatable bonds is 12. The minimum Gasteiger partial charge on any atom is -0.382 e. The summed E-state index contributed by atoms with van der Waals surface area (Å²) < 4.78 is 16.5. The van der Waals surface area contributed by atoms with Gasteiger partial charge in [0, 0.05) is 14.2 Å². The van der Waals surface area contributed by atoms with Gasteiger partial charge in [0.15, 0.2) is 0 Å². The molecule has 0 amide bonds. The molecule has 2 atom stereocenters. The molecule has 0 N–H and O–H groups in total. The van der Waals surface area contributed by atoms with Crippen molar-refractivity contribution in [3.8, 4) is 0 Å². The second kappa shape index (κ2) is 12.3. The molecule has 0 aromatic heterocycles. The zero-order valence-corrected chi connectivity index (χ0v) is 12.0. The van der Waals surface area contributed by atoms with E-state index < -0.39 is 0 Å². The molecule has 2 unspecified atom stereocenters. The van der Waals surface area contributed by atoms with Gasteiger partial charge in [-0.1, -0.05) is 39.5 Å². The third kappa shape index (κ3) is 8.58. The lowest BCUT2D eigenvalue weighted by Crippen LogP contribution is -2.32. The highest BCUT2D eigenvalue weighted by Gasteiger charge is 2.20. The maximum atomic E-state index is 5.88. The molecule has 0 fully saturated rings. The van der Waals surface area contributed by atoms with Gasteiger partial charge in [0.05, 0.1) is 25.4 Å². The predicted molar refractivity (Wildman–Crippen MR) is 71.5 cm³/mol. The summed E-state index contributed by atoms with van der Waals surface area (Å²) >= 11 is 0. The second-order valence-corrected chi connectivity index (χ2v) is 4.46. The van der Waals surface area contributed by atoms with Crippen LogP contribution in [0.2, 0.25) is 0 Å². The topological polar surface area (TPSA) is 27.7 Å². The van der Waals surface area contributed by atoms with Gasteiger partial charge < -0.3 is 14.2 Å². The van der Waals surface area contributed by atoms with Crippen molar-refractivity contribution in [2.75, 3.05) is 27.4 Å². The summed E-state index contributed by atoms with van der Waals surface area (Å²) in [5.41, 5.74) is 0. The van der Waals surface area contributed by atoms with Crippen molar-refractivity contribution < 1.29 is 14.2 Å². The summed E-state index contributed by atoms with van der Waals surface area (Å²) in [6, 6.07) is 0. The lowest BCUT2D eigenvalue weighted by atomic mass is 10.0. The Morgan fingerprint density at radius 2 is 1.41 bits per heavy atom. The normalized spacial score (nSPS) is 14.8. The molecular weight excluding hydrogens is 216 g/mol. The maximum absolute atomic E-state index is 5.88. The number of hydrogen-bond acceptors (Lipinski definition) is 3. The molecule has 0 heterocycles. The summed E-state index contributed by atoms with van der Waals surface area (Å²) in [6.07, 6.45) is 7.45. The van der Waals surface area contributed by atoms with E-state index >= 15 is 0 Å². The molecule has 0 spiro atoms. The summed E-state index contributed by atoms with van der Waals surface area (Å²) in [5, 5.41) is 0. The van der Waals surface area contributed by atoms with Crippen molar-refractivity contribution in [2.45, 2.75) is 64.6 Å². The van der Waals surface area contributed by atoms with Gasteiger partial charge in [0.2, 0.25) is 0 Å². The zero-order chi connectivity index (χ0) is 12.9. The van der Waals surface area contributed by atoms with E-state index in [0.717, 1.165) is 12.8 Å². The van der Waals surface area contributed by atoms with E-state index in [2.05, 4.69) is 13.8 Å². The average molecular weight is 246 g/mol. The van der Waals surface area contributed by atoms with Crippen LogP contribution in [0, 0.1) is 0 Å². The van der Waals surface area contributed by atoms with Crippen LogP contribution in [0.4, 0.5) is 0 Å². The molecule has 0 saturated heterocycles. The van der Waals surface area contributed by atoms with Crippen LogP contribution < -0.4 is 0 Å². The smallest absolute Gasteiger partial charge is 0.0837 e. The Morgan fingerprint density at radius 1 is 0.824 bits per heavy atom. The number of unbranched alkanes of at least 4 members (excludes halogenated alkanes) is 2. The molecule has 17 heavy (non-hydrogen) atoms. The van der Waals surface area contributed by atoms with Crippen LogP contribution >= 0.6 is 0 Å². The van der Waals surface area contributed by atoms with Gasteiger partial charge in [-0.05, 0) is 12.8 Å². The first-order valence-electron chi connectivity index (χ1n) is 6.93. The molecule has 104 valence electrons. The predicted octanol–water partition coefficient (Wildman–Crippen LogP) is 3.41. The van der Waals surface area contributed by atoms with E-state index in [0.29, 0.717) is 13.2 Å². The molecule has 3 heteroatoms. The minimum absolute atomic E-state index is 0.224. The molecule has 0 aliphatic heterocycles. The number of hydrogen-bond donors (Lipinski definition) is 0. The Labute approximate surface area is 107 Å². The molecule has 0 aromatic rings. The Bertz CT molecular complexity index is 150. The van der Waals surface area contributed by atoms with E-state index in [1.807, 2.05) is 0 Å². The molecule has 0 radical (unpaired) electrons. The monoisotopic (exact) mass is 246 g/mol. The molecule has 0 aliphatic carbocycles. The van der Waals surface area contributed by atoms with E-state index in [-0.39, 0.29) is 12.2 Å². The molecule has 0 rings (SSSR count). The van der Waals surface area contributed by atoms with Crippen molar-refractivity contribution >= 4 is 0 Å². The highest BCUT2D eigenvalue weighted by molar-refractivity contribution is 4.71. The van der Waals surface area contributed by atoms with Crippen LogP contribution in [0.15, 0.2) is 0 Å². The van der Waals surface area contributed by atoms with Gasteiger partial charge in [-0.15, -0.1) is 0 Å². The summed E-state index contributed by atoms with van der Waals surface area (Å²) in [6.45, 7) is 5.74. The molecule has 0 aromatic carbocycles. The Kier molecular flexibility index (Phi) is 12.3. The quantitative estimate of drug-likeness (QED) is 0.494. The van der Waals surface area contributed by atoms with Crippen molar-refractivity contribution in [1.82, 2.24) is 0 Å². The lowest BCUT2D eigenvalue weighted by molar-refractivity contribution is -0.0746. The molecule has 0 saturated carbocycles. The number of ether oxygens (including phenoxy) is 3. The van der Waals surface area contributed by atoms with Gasteiger partial charge in [-0.25, -0.2) is 0 Å². The Hall–Kier alpha value is -0.120. The van der Waals surface area contributed by atoms with Crippen molar-refractivity contribution in [1.29, 1.82) is 0 Å². The van der Waals surface area contributed by atoms with Crippen LogP contribution in [0.3, 0.4) is 0 Å². The number of methoxy groups -OCH3 is 2. The molecule has 0 aliphatic rings. The van der Waals surface area contributed by atoms with Gasteiger partial charge in [-0.2, -0.15) is 0 Å². The fraction of sp³-hybridized carbons (Fsp3) is 1.00. The van der Waals surface area contributed by atoms with Crippen LogP contribution in [0.5, 0.6) is 0 Å². The van der Waals surface area contributed by atoms with E-state index in [9.17, 15) is 0 Å². The average Bonchev–Trinajstić information content (AvgIpc) is 2.36. The first kappa shape index (κ1) is 16.9. The lowest BCUT2D eigenvalue weighted by Gasteiger charge is -2.26. The van der Waals surface area contributed by atoms with E-state index in [1.165, 1.54) is 25.7 Å². The third-order valence-electron chi connectivity index (χ3n) is 3.02. The van der Waals surface area contributed by atoms with Crippen molar-refractivity contribution in [3.63, 3.8) is 0 Å².